The second-order valence-electron chi connectivity index (χ2n) is 7.08. The first kappa shape index (κ1) is 19.2. The Kier molecular flexibility index (Phi) is 6.31. The lowest BCUT2D eigenvalue weighted by Crippen LogP contribution is -2.25. The van der Waals surface area contributed by atoms with Crippen molar-refractivity contribution < 1.29 is 4.79 Å². The van der Waals surface area contributed by atoms with Gasteiger partial charge in [0.25, 0.3) is 0 Å². The molecule has 138 valence electrons. The van der Waals surface area contributed by atoms with Gasteiger partial charge in [0, 0.05) is 10.7 Å². The van der Waals surface area contributed by atoms with E-state index in [-0.39, 0.29) is 17.7 Å². The van der Waals surface area contributed by atoms with E-state index in [0.29, 0.717) is 5.02 Å². The zero-order valence-electron chi connectivity index (χ0n) is 15.7. The predicted octanol–water partition coefficient (Wildman–Crippen LogP) is 6.31. The molecular weight excluding hydrogens is 354 g/mol. The van der Waals surface area contributed by atoms with Crippen LogP contribution in [0.5, 0.6) is 0 Å². The molecule has 0 saturated carbocycles. The fraction of sp³-hybridized carbons (Fsp3) is 0.208. The van der Waals surface area contributed by atoms with E-state index < -0.39 is 0 Å². The summed E-state index contributed by atoms with van der Waals surface area (Å²) >= 11 is 6.00. The average molecular weight is 378 g/mol. The molecule has 1 amide bonds. The number of carbonyl (C=O) groups excluding carboxylic acids is 1. The fourth-order valence-electron chi connectivity index (χ4n) is 3.33. The van der Waals surface area contributed by atoms with E-state index in [2.05, 4.69) is 37.4 Å². The third kappa shape index (κ3) is 4.99. The second kappa shape index (κ2) is 8.88. The van der Waals surface area contributed by atoms with Crippen LogP contribution in [0.15, 0.2) is 78.9 Å². The molecule has 0 fully saturated rings. The molecule has 0 aliphatic carbocycles. The Morgan fingerprint density at radius 3 is 2.19 bits per heavy atom. The quantitative estimate of drug-likeness (QED) is 0.535. The zero-order chi connectivity index (χ0) is 19.2. The molecule has 0 heterocycles. The van der Waals surface area contributed by atoms with Gasteiger partial charge in [-0.3, -0.25) is 4.79 Å². The summed E-state index contributed by atoms with van der Waals surface area (Å²) in [4.78, 5) is 13.1. The number of halogens is 1. The standard InChI is InChI=1S/C24H24ClNO/c1-17(2)23(19-12-14-21(25)15-13-19)24(27)26-22-11-7-6-10-20(22)16-18-8-4-3-5-9-18/h3-15,17,23H,16H2,1-2H3,(H,26,27)/t23-/m0/s1. The first-order valence-corrected chi connectivity index (χ1v) is 9.60. The zero-order valence-corrected chi connectivity index (χ0v) is 16.4. The lowest BCUT2D eigenvalue weighted by Gasteiger charge is -2.22. The Hall–Kier alpha value is -2.58. The lowest BCUT2D eigenvalue weighted by molar-refractivity contribution is -0.118. The molecule has 0 spiro atoms. The van der Waals surface area contributed by atoms with Gasteiger partial charge in [-0.2, -0.15) is 0 Å². The second-order valence-corrected chi connectivity index (χ2v) is 7.52. The third-order valence-corrected chi connectivity index (χ3v) is 4.94. The van der Waals surface area contributed by atoms with Crippen LogP contribution < -0.4 is 5.32 Å². The number of nitrogens with one attached hydrogen (secondary N) is 1. The van der Waals surface area contributed by atoms with Gasteiger partial charge in [-0.05, 0) is 47.2 Å². The monoisotopic (exact) mass is 377 g/mol. The topological polar surface area (TPSA) is 29.1 Å². The smallest absolute Gasteiger partial charge is 0.232 e. The minimum atomic E-state index is -0.230. The van der Waals surface area contributed by atoms with Crippen LogP contribution in [0.25, 0.3) is 0 Å². The van der Waals surface area contributed by atoms with E-state index in [1.807, 2.05) is 60.7 Å². The average Bonchev–Trinajstić information content (AvgIpc) is 2.66. The van der Waals surface area contributed by atoms with Crippen LogP contribution in [-0.4, -0.2) is 5.91 Å². The lowest BCUT2D eigenvalue weighted by atomic mass is 9.87. The highest BCUT2D eigenvalue weighted by Crippen LogP contribution is 2.28. The van der Waals surface area contributed by atoms with Gasteiger partial charge in [-0.25, -0.2) is 0 Å². The number of benzene rings is 3. The van der Waals surface area contributed by atoms with Crippen molar-refractivity contribution in [1.82, 2.24) is 0 Å². The molecule has 3 rings (SSSR count). The minimum Gasteiger partial charge on any atom is -0.325 e. The molecule has 3 heteroatoms. The van der Waals surface area contributed by atoms with E-state index in [4.69, 9.17) is 11.6 Å². The van der Waals surface area contributed by atoms with Gasteiger partial charge in [0.2, 0.25) is 5.91 Å². The summed E-state index contributed by atoms with van der Waals surface area (Å²) in [5.74, 6) is -0.0488. The van der Waals surface area contributed by atoms with Crippen molar-refractivity contribution in [2.45, 2.75) is 26.2 Å². The van der Waals surface area contributed by atoms with Crippen molar-refractivity contribution in [2.24, 2.45) is 5.92 Å². The van der Waals surface area contributed by atoms with Gasteiger partial charge in [-0.1, -0.05) is 86.1 Å². The first-order chi connectivity index (χ1) is 13.0. The number of carbonyl (C=O) groups is 1. The Morgan fingerprint density at radius 1 is 0.889 bits per heavy atom. The Labute approximate surface area is 166 Å². The molecule has 0 bridgehead atoms. The number of amides is 1. The highest BCUT2D eigenvalue weighted by molar-refractivity contribution is 6.30. The molecule has 0 unspecified atom stereocenters. The number of para-hydroxylation sites is 1. The van der Waals surface area contributed by atoms with Crippen molar-refractivity contribution in [3.05, 3.63) is 101 Å². The molecular formula is C24H24ClNO. The van der Waals surface area contributed by atoms with E-state index in [1.54, 1.807) is 0 Å². The van der Waals surface area contributed by atoms with Crippen LogP contribution in [0.2, 0.25) is 5.02 Å². The SMILES string of the molecule is CC(C)[C@H](C(=O)Nc1ccccc1Cc1ccccc1)c1ccc(Cl)cc1. The van der Waals surface area contributed by atoms with Gasteiger partial charge < -0.3 is 5.32 Å². The number of hydrogen-bond donors (Lipinski definition) is 1. The third-order valence-electron chi connectivity index (χ3n) is 4.69. The molecule has 1 atom stereocenters. The Balaban J connectivity index is 1.83. The highest BCUT2D eigenvalue weighted by Gasteiger charge is 2.24. The summed E-state index contributed by atoms with van der Waals surface area (Å²) in [7, 11) is 0. The molecule has 0 saturated heterocycles. The summed E-state index contributed by atoms with van der Waals surface area (Å²) in [5.41, 5.74) is 4.17. The summed E-state index contributed by atoms with van der Waals surface area (Å²) < 4.78 is 0. The fourth-order valence-corrected chi connectivity index (χ4v) is 3.46. The van der Waals surface area contributed by atoms with Crippen LogP contribution >= 0.6 is 11.6 Å². The molecule has 27 heavy (non-hydrogen) atoms. The van der Waals surface area contributed by atoms with Crippen molar-refractivity contribution in [3.8, 4) is 0 Å². The predicted molar refractivity (Wildman–Crippen MR) is 113 cm³/mol. The van der Waals surface area contributed by atoms with Crippen LogP contribution in [0, 0.1) is 5.92 Å². The Bertz CT molecular complexity index is 888. The van der Waals surface area contributed by atoms with Crippen LogP contribution in [0.1, 0.15) is 36.5 Å². The molecule has 0 radical (unpaired) electrons. The summed E-state index contributed by atoms with van der Waals surface area (Å²) in [6.07, 6.45) is 0.782. The summed E-state index contributed by atoms with van der Waals surface area (Å²) in [6.45, 7) is 4.13. The van der Waals surface area contributed by atoms with E-state index >= 15 is 0 Å². The van der Waals surface area contributed by atoms with Crippen molar-refractivity contribution in [3.63, 3.8) is 0 Å². The van der Waals surface area contributed by atoms with Gasteiger partial charge >= 0.3 is 0 Å². The molecule has 3 aromatic rings. The maximum atomic E-state index is 13.1. The first-order valence-electron chi connectivity index (χ1n) is 9.22. The normalized spacial score (nSPS) is 12.0. The van der Waals surface area contributed by atoms with Crippen LogP contribution in [0.4, 0.5) is 5.69 Å². The minimum absolute atomic E-state index is 0.00725. The summed E-state index contributed by atoms with van der Waals surface area (Å²) in [5, 5.41) is 3.83. The maximum Gasteiger partial charge on any atom is 0.232 e. The van der Waals surface area contributed by atoms with Crippen LogP contribution in [-0.2, 0) is 11.2 Å². The molecule has 3 aromatic carbocycles. The Morgan fingerprint density at radius 2 is 1.52 bits per heavy atom. The van der Waals surface area contributed by atoms with Crippen molar-refractivity contribution in [2.75, 3.05) is 5.32 Å². The van der Waals surface area contributed by atoms with Crippen molar-refractivity contribution in [1.29, 1.82) is 0 Å². The molecule has 0 aliphatic rings. The maximum absolute atomic E-state index is 13.1. The molecule has 0 aliphatic heterocycles. The molecule has 2 nitrogen and oxygen atoms in total. The van der Waals surface area contributed by atoms with Gasteiger partial charge in [0.05, 0.1) is 5.92 Å². The summed E-state index contributed by atoms with van der Waals surface area (Å²) in [6, 6.07) is 25.8. The number of rotatable bonds is 6. The van der Waals surface area contributed by atoms with Crippen molar-refractivity contribution >= 4 is 23.2 Å². The van der Waals surface area contributed by atoms with Gasteiger partial charge in [0.1, 0.15) is 0 Å². The van der Waals surface area contributed by atoms with E-state index in [0.717, 1.165) is 23.2 Å². The van der Waals surface area contributed by atoms with Crippen LogP contribution in [0.3, 0.4) is 0 Å². The molecule has 0 aromatic heterocycles. The highest BCUT2D eigenvalue weighted by atomic mass is 35.5. The largest absolute Gasteiger partial charge is 0.325 e. The number of hydrogen-bond acceptors (Lipinski definition) is 1. The van der Waals surface area contributed by atoms with E-state index in [9.17, 15) is 4.79 Å². The molecule has 1 N–H and O–H groups in total. The van der Waals surface area contributed by atoms with Gasteiger partial charge in [-0.15, -0.1) is 0 Å². The van der Waals surface area contributed by atoms with E-state index in [1.165, 1.54) is 5.56 Å². The van der Waals surface area contributed by atoms with Gasteiger partial charge in [0.15, 0.2) is 0 Å². The number of anilines is 1.